The molecule has 0 radical (unpaired) electrons. The first-order chi connectivity index (χ1) is 15.5. The molecule has 2 aromatic carbocycles. The zero-order valence-corrected chi connectivity index (χ0v) is 21.6. The van der Waals surface area contributed by atoms with E-state index in [1.807, 2.05) is 24.3 Å². The number of rotatable bonds is 8. The van der Waals surface area contributed by atoms with Crippen LogP contribution in [0.3, 0.4) is 0 Å². The zero-order valence-electron chi connectivity index (χ0n) is 19.3. The Labute approximate surface area is 206 Å². The van der Waals surface area contributed by atoms with Gasteiger partial charge in [-0.3, -0.25) is 9.10 Å². The molecule has 0 saturated carbocycles. The standard InChI is InChI=1S/C24H30Cl2N2O4S/c1-5-21(28(33(4,30)31)18-13-16(25)12-17(26)14-18)23(29)27-20-15-24(6-2,7-3)32-22-11-9-8-10-19(20)22/h8-14,20-21H,5-7,15H2,1-4H3,(H,27,29). The van der Waals surface area contributed by atoms with Gasteiger partial charge in [0.15, 0.2) is 0 Å². The third kappa shape index (κ3) is 5.58. The highest BCUT2D eigenvalue weighted by Crippen LogP contribution is 2.42. The number of hydrogen-bond acceptors (Lipinski definition) is 4. The molecule has 1 aliphatic rings. The third-order valence-corrected chi connectivity index (χ3v) is 7.85. The van der Waals surface area contributed by atoms with E-state index < -0.39 is 21.7 Å². The number of anilines is 1. The molecule has 2 unspecified atom stereocenters. The van der Waals surface area contributed by atoms with Gasteiger partial charge in [0.2, 0.25) is 15.9 Å². The molecule has 0 aromatic heterocycles. The largest absolute Gasteiger partial charge is 0.487 e. The van der Waals surface area contributed by atoms with Gasteiger partial charge in [-0.1, -0.05) is 62.2 Å². The van der Waals surface area contributed by atoms with Crippen molar-refractivity contribution in [1.82, 2.24) is 5.32 Å². The fourth-order valence-electron chi connectivity index (χ4n) is 4.42. The van der Waals surface area contributed by atoms with Gasteiger partial charge in [0.25, 0.3) is 0 Å². The van der Waals surface area contributed by atoms with Crippen molar-refractivity contribution in [2.75, 3.05) is 10.6 Å². The zero-order chi connectivity index (χ0) is 24.4. The number of hydrogen-bond donors (Lipinski definition) is 1. The molecular formula is C24H30Cl2N2O4S. The number of carbonyl (C=O) groups excluding carboxylic acids is 1. The normalized spacial score (nSPS) is 18.1. The van der Waals surface area contributed by atoms with Crippen molar-refractivity contribution >= 4 is 44.8 Å². The summed E-state index contributed by atoms with van der Waals surface area (Å²) in [4.78, 5) is 13.5. The number of fused-ring (bicyclic) bond motifs is 1. The van der Waals surface area contributed by atoms with Crippen LogP contribution in [0.5, 0.6) is 5.75 Å². The first-order valence-corrected chi connectivity index (χ1v) is 13.7. The molecule has 1 amide bonds. The second-order valence-corrected chi connectivity index (χ2v) is 11.1. The molecule has 1 aliphatic heterocycles. The van der Waals surface area contributed by atoms with E-state index in [-0.39, 0.29) is 34.1 Å². The fourth-order valence-corrected chi connectivity index (χ4v) is 6.13. The summed E-state index contributed by atoms with van der Waals surface area (Å²) in [6, 6.07) is 10.9. The molecule has 0 saturated heterocycles. The summed E-state index contributed by atoms with van der Waals surface area (Å²) in [6.07, 6.45) is 3.51. The van der Waals surface area contributed by atoms with Crippen LogP contribution in [-0.2, 0) is 14.8 Å². The fraction of sp³-hybridized carbons (Fsp3) is 0.458. The monoisotopic (exact) mass is 512 g/mol. The number of benzene rings is 2. The lowest BCUT2D eigenvalue weighted by Gasteiger charge is -2.42. The minimum Gasteiger partial charge on any atom is -0.487 e. The van der Waals surface area contributed by atoms with E-state index in [4.69, 9.17) is 27.9 Å². The van der Waals surface area contributed by atoms with E-state index in [0.717, 1.165) is 34.7 Å². The van der Waals surface area contributed by atoms with Crippen LogP contribution in [0, 0.1) is 0 Å². The number of nitrogens with one attached hydrogen (secondary N) is 1. The summed E-state index contributed by atoms with van der Waals surface area (Å²) >= 11 is 12.3. The smallest absolute Gasteiger partial charge is 0.244 e. The van der Waals surface area contributed by atoms with Gasteiger partial charge in [0.1, 0.15) is 17.4 Å². The molecule has 33 heavy (non-hydrogen) atoms. The topological polar surface area (TPSA) is 75.7 Å². The number of amides is 1. The van der Waals surface area contributed by atoms with Crippen molar-refractivity contribution < 1.29 is 17.9 Å². The van der Waals surface area contributed by atoms with E-state index in [1.54, 1.807) is 6.92 Å². The van der Waals surface area contributed by atoms with Crippen LogP contribution >= 0.6 is 23.2 Å². The Bertz CT molecular complexity index is 1100. The first kappa shape index (κ1) is 25.7. The third-order valence-electron chi connectivity index (χ3n) is 6.23. The minimum absolute atomic E-state index is 0.251. The Morgan fingerprint density at radius 1 is 1.15 bits per heavy atom. The van der Waals surface area contributed by atoms with Gasteiger partial charge < -0.3 is 10.1 Å². The Balaban J connectivity index is 1.98. The predicted molar refractivity (Wildman–Crippen MR) is 134 cm³/mol. The number of nitrogens with zero attached hydrogens (tertiary/aromatic N) is 1. The molecule has 3 rings (SSSR count). The highest BCUT2D eigenvalue weighted by Gasteiger charge is 2.40. The van der Waals surface area contributed by atoms with Crippen molar-refractivity contribution in [3.8, 4) is 5.75 Å². The second kappa shape index (κ2) is 10.1. The molecule has 9 heteroatoms. The SMILES string of the molecule is CCC(C(=O)NC1CC(CC)(CC)Oc2ccccc21)N(c1cc(Cl)cc(Cl)c1)S(C)(=O)=O. The van der Waals surface area contributed by atoms with Crippen molar-refractivity contribution in [2.24, 2.45) is 0 Å². The maximum absolute atomic E-state index is 13.5. The molecular weight excluding hydrogens is 483 g/mol. The van der Waals surface area contributed by atoms with Gasteiger partial charge >= 0.3 is 0 Å². The summed E-state index contributed by atoms with van der Waals surface area (Å²) < 4.78 is 33.0. The molecule has 180 valence electrons. The Morgan fingerprint density at radius 2 is 1.76 bits per heavy atom. The van der Waals surface area contributed by atoms with E-state index >= 15 is 0 Å². The Kier molecular flexibility index (Phi) is 7.87. The highest BCUT2D eigenvalue weighted by atomic mass is 35.5. The Hall–Kier alpha value is -1.96. The van der Waals surface area contributed by atoms with Gasteiger partial charge in [-0.25, -0.2) is 8.42 Å². The maximum Gasteiger partial charge on any atom is 0.244 e. The van der Waals surface area contributed by atoms with Crippen molar-refractivity contribution in [2.45, 2.75) is 64.1 Å². The van der Waals surface area contributed by atoms with Crippen LogP contribution in [0.4, 0.5) is 5.69 Å². The lowest BCUT2D eigenvalue weighted by molar-refractivity contribution is -0.123. The van der Waals surface area contributed by atoms with Crippen LogP contribution in [0.25, 0.3) is 0 Å². The summed E-state index contributed by atoms with van der Waals surface area (Å²) in [5, 5.41) is 3.68. The average Bonchev–Trinajstić information content (AvgIpc) is 2.75. The molecule has 0 fully saturated rings. The van der Waals surface area contributed by atoms with Gasteiger partial charge in [-0.05, 0) is 43.5 Å². The molecule has 0 bridgehead atoms. The first-order valence-electron chi connectivity index (χ1n) is 11.1. The lowest BCUT2D eigenvalue weighted by Crippen LogP contribution is -2.52. The van der Waals surface area contributed by atoms with Crippen LogP contribution in [0.1, 0.15) is 58.1 Å². The quantitative estimate of drug-likeness (QED) is 0.489. The van der Waals surface area contributed by atoms with E-state index in [0.29, 0.717) is 6.42 Å². The summed E-state index contributed by atoms with van der Waals surface area (Å²) in [5.41, 5.74) is 0.737. The highest BCUT2D eigenvalue weighted by molar-refractivity contribution is 7.92. The van der Waals surface area contributed by atoms with Gasteiger partial charge in [-0.2, -0.15) is 0 Å². The van der Waals surface area contributed by atoms with E-state index in [1.165, 1.54) is 18.2 Å². The number of carbonyl (C=O) groups is 1. The van der Waals surface area contributed by atoms with Crippen LogP contribution in [0.15, 0.2) is 42.5 Å². The van der Waals surface area contributed by atoms with E-state index in [2.05, 4.69) is 19.2 Å². The molecule has 2 atom stereocenters. The van der Waals surface area contributed by atoms with Crippen molar-refractivity contribution in [1.29, 1.82) is 0 Å². The molecule has 0 aliphatic carbocycles. The van der Waals surface area contributed by atoms with Crippen LogP contribution in [0.2, 0.25) is 10.0 Å². The van der Waals surface area contributed by atoms with Crippen molar-refractivity contribution in [3.63, 3.8) is 0 Å². The van der Waals surface area contributed by atoms with Crippen LogP contribution in [-0.4, -0.2) is 32.2 Å². The molecule has 1 N–H and O–H groups in total. The molecule has 1 heterocycles. The minimum atomic E-state index is -3.81. The average molecular weight is 513 g/mol. The molecule has 6 nitrogen and oxygen atoms in total. The number of sulfonamides is 1. The Morgan fingerprint density at radius 3 is 2.30 bits per heavy atom. The van der Waals surface area contributed by atoms with Gasteiger partial charge in [-0.15, -0.1) is 0 Å². The summed E-state index contributed by atoms with van der Waals surface area (Å²) in [5.74, 6) is 0.356. The number of para-hydroxylation sites is 1. The summed E-state index contributed by atoms with van der Waals surface area (Å²) in [6.45, 7) is 5.91. The van der Waals surface area contributed by atoms with Gasteiger partial charge in [0, 0.05) is 22.0 Å². The van der Waals surface area contributed by atoms with Crippen molar-refractivity contribution in [3.05, 3.63) is 58.1 Å². The lowest BCUT2D eigenvalue weighted by atomic mass is 9.83. The molecule has 0 spiro atoms. The number of ether oxygens (including phenoxy) is 1. The summed E-state index contributed by atoms with van der Waals surface area (Å²) in [7, 11) is -3.81. The maximum atomic E-state index is 13.5. The molecule has 2 aromatic rings. The van der Waals surface area contributed by atoms with E-state index in [9.17, 15) is 13.2 Å². The second-order valence-electron chi connectivity index (χ2n) is 8.41. The number of halogens is 2. The van der Waals surface area contributed by atoms with Crippen LogP contribution < -0.4 is 14.4 Å². The van der Waals surface area contributed by atoms with Gasteiger partial charge in [0.05, 0.1) is 18.0 Å². The predicted octanol–water partition coefficient (Wildman–Crippen LogP) is 5.74.